The van der Waals surface area contributed by atoms with Crippen molar-refractivity contribution in [2.75, 3.05) is 0 Å². The molecule has 0 spiro atoms. The average molecular weight is 263 g/mol. The molecular formula is C16H13N3O. The monoisotopic (exact) mass is 263 g/mol. The van der Waals surface area contributed by atoms with Crippen LogP contribution in [-0.4, -0.2) is 16.1 Å². The number of nitrogens with zero attached hydrogens (tertiary/aromatic N) is 2. The molecule has 0 saturated heterocycles. The van der Waals surface area contributed by atoms with Gasteiger partial charge >= 0.3 is 0 Å². The SMILES string of the molecule is O=C(NCc1ccccc1)c1ccc2cnncc2c1. The van der Waals surface area contributed by atoms with E-state index in [1.54, 1.807) is 18.5 Å². The summed E-state index contributed by atoms with van der Waals surface area (Å²) in [6.45, 7) is 0.520. The number of amides is 1. The summed E-state index contributed by atoms with van der Waals surface area (Å²) < 4.78 is 0. The second kappa shape index (κ2) is 5.48. The van der Waals surface area contributed by atoms with Gasteiger partial charge in [0, 0.05) is 22.9 Å². The Morgan fingerprint density at radius 1 is 0.950 bits per heavy atom. The summed E-state index contributed by atoms with van der Waals surface area (Å²) in [5, 5.41) is 12.4. The summed E-state index contributed by atoms with van der Waals surface area (Å²) in [5.74, 6) is -0.0902. The van der Waals surface area contributed by atoms with Gasteiger partial charge in [0.05, 0.1) is 12.4 Å². The number of carbonyl (C=O) groups excluding carboxylic acids is 1. The van der Waals surface area contributed by atoms with Crippen molar-refractivity contribution in [3.8, 4) is 0 Å². The maximum Gasteiger partial charge on any atom is 0.251 e. The molecule has 4 nitrogen and oxygen atoms in total. The van der Waals surface area contributed by atoms with Crippen molar-refractivity contribution in [3.05, 3.63) is 72.1 Å². The molecule has 0 atom stereocenters. The zero-order valence-corrected chi connectivity index (χ0v) is 10.8. The molecule has 2 aromatic carbocycles. The van der Waals surface area contributed by atoms with E-state index in [4.69, 9.17) is 0 Å². The largest absolute Gasteiger partial charge is 0.348 e. The van der Waals surface area contributed by atoms with E-state index in [2.05, 4.69) is 15.5 Å². The Morgan fingerprint density at radius 2 is 1.70 bits per heavy atom. The normalized spacial score (nSPS) is 10.4. The molecule has 0 unspecified atom stereocenters. The van der Waals surface area contributed by atoms with E-state index in [9.17, 15) is 4.79 Å². The Labute approximate surface area is 116 Å². The minimum atomic E-state index is -0.0902. The van der Waals surface area contributed by atoms with E-state index in [1.165, 1.54) is 0 Å². The van der Waals surface area contributed by atoms with Gasteiger partial charge in [-0.1, -0.05) is 36.4 Å². The maximum absolute atomic E-state index is 12.1. The number of fused-ring (bicyclic) bond motifs is 1. The van der Waals surface area contributed by atoms with Crippen LogP contribution in [0, 0.1) is 0 Å². The first-order valence-electron chi connectivity index (χ1n) is 6.35. The Balaban J connectivity index is 1.75. The molecule has 4 heteroatoms. The maximum atomic E-state index is 12.1. The van der Waals surface area contributed by atoms with Crippen LogP contribution in [0.1, 0.15) is 15.9 Å². The van der Waals surface area contributed by atoms with Crippen molar-refractivity contribution in [3.63, 3.8) is 0 Å². The smallest absolute Gasteiger partial charge is 0.251 e. The van der Waals surface area contributed by atoms with Crippen molar-refractivity contribution in [1.82, 2.24) is 15.5 Å². The highest BCUT2D eigenvalue weighted by Crippen LogP contribution is 2.13. The minimum absolute atomic E-state index is 0.0902. The van der Waals surface area contributed by atoms with Crippen molar-refractivity contribution in [2.24, 2.45) is 0 Å². The zero-order chi connectivity index (χ0) is 13.8. The van der Waals surface area contributed by atoms with Gasteiger partial charge in [0.2, 0.25) is 0 Å². The second-order valence-corrected chi connectivity index (χ2v) is 4.50. The molecule has 20 heavy (non-hydrogen) atoms. The fraction of sp³-hybridized carbons (Fsp3) is 0.0625. The van der Waals surface area contributed by atoms with Crippen molar-refractivity contribution < 1.29 is 4.79 Å². The Kier molecular flexibility index (Phi) is 3.37. The van der Waals surface area contributed by atoms with Gasteiger partial charge in [-0.05, 0) is 17.7 Å². The van der Waals surface area contributed by atoms with Gasteiger partial charge < -0.3 is 5.32 Å². The standard InChI is InChI=1S/C16H13N3O/c20-16(17-9-12-4-2-1-3-5-12)13-6-7-14-10-18-19-11-15(14)8-13/h1-8,10-11H,9H2,(H,17,20). The molecule has 98 valence electrons. The fourth-order valence-electron chi connectivity index (χ4n) is 2.02. The number of hydrogen-bond acceptors (Lipinski definition) is 3. The van der Waals surface area contributed by atoms with Crippen LogP contribution in [0.15, 0.2) is 60.9 Å². The lowest BCUT2D eigenvalue weighted by atomic mass is 10.1. The van der Waals surface area contributed by atoms with E-state index < -0.39 is 0 Å². The Bertz CT molecular complexity index is 741. The third-order valence-electron chi connectivity index (χ3n) is 3.11. The van der Waals surface area contributed by atoms with E-state index in [0.717, 1.165) is 16.3 Å². The molecule has 1 amide bonds. The number of hydrogen-bond donors (Lipinski definition) is 1. The summed E-state index contributed by atoms with van der Waals surface area (Å²) in [6, 6.07) is 15.3. The van der Waals surface area contributed by atoms with Crippen LogP contribution in [0.2, 0.25) is 0 Å². The van der Waals surface area contributed by atoms with E-state index in [-0.39, 0.29) is 5.91 Å². The highest BCUT2D eigenvalue weighted by Gasteiger charge is 2.06. The van der Waals surface area contributed by atoms with E-state index in [0.29, 0.717) is 12.1 Å². The predicted octanol–water partition coefficient (Wildman–Crippen LogP) is 2.56. The van der Waals surface area contributed by atoms with Gasteiger partial charge in [0.1, 0.15) is 0 Å². The van der Waals surface area contributed by atoms with Crippen molar-refractivity contribution in [1.29, 1.82) is 0 Å². The van der Waals surface area contributed by atoms with Crippen molar-refractivity contribution in [2.45, 2.75) is 6.54 Å². The summed E-state index contributed by atoms with van der Waals surface area (Å²) in [7, 11) is 0. The van der Waals surface area contributed by atoms with Gasteiger partial charge in [0.25, 0.3) is 5.91 Å². The third kappa shape index (κ3) is 2.64. The van der Waals surface area contributed by atoms with Gasteiger partial charge in [-0.3, -0.25) is 4.79 Å². The summed E-state index contributed by atoms with van der Waals surface area (Å²) in [5.41, 5.74) is 1.70. The predicted molar refractivity (Wildman–Crippen MR) is 77.2 cm³/mol. The lowest BCUT2D eigenvalue weighted by Crippen LogP contribution is -2.22. The quantitative estimate of drug-likeness (QED) is 0.790. The van der Waals surface area contributed by atoms with Crippen LogP contribution in [0.5, 0.6) is 0 Å². The number of carbonyl (C=O) groups is 1. The molecular weight excluding hydrogens is 250 g/mol. The molecule has 0 fully saturated rings. The zero-order valence-electron chi connectivity index (χ0n) is 10.8. The first-order valence-corrected chi connectivity index (χ1v) is 6.35. The van der Waals surface area contributed by atoms with Crippen LogP contribution in [0.3, 0.4) is 0 Å². The summed E-state index contributed by atoms with van der Waals surface area (Å²) in [6.07, 6.45) is 3.34. The van der Waals surface area contributed by atoms with E-state index in [1.807, 2.05) is 42.5 Å². The van der Waals surface area contributed by atoms with Gasteiger partial charge in [-0.2, -0.15) is 10.2 Å². The lowest BCUT2D eigenvalue weighted by Gasteiger charge is -2.06. The topological polar surface area (TPSA) is 54.9 Å². The number of benzene rings is 2. The van der Waals surface area contributed by atoms with Gasteiger partial charge in [-0.15, -0.1) is 0 Å². The van der Waals surface area contributed by atoms with Gasteiger partial charge in [-0.25, -0.2) is 0 Å². The van der Waals surface area contributed by atoms with Crippen LogP contribution >= 0.6 is 0 Å². The number of nitrogens with one attached hydrogen (secondary N) is 1. The highest BCUT2D eigenvalue weighted by atomic mass is 16.1. The minimum Gasteiger partial charge on any atom is -0.348 e. The Morgan fingerprint density at radius 3 is 2.50 bits per heavy atom. The van der Waals surface area contributed by atoms with E-state index >= 15 is 0 Å². The Hall–Kier alpha value is -2.75. The van der Waals surface area contributed by atoms with Crippen molar-refractivity contribution >= 4 is 16.7 Å². The number of aromatic nitrogens is 2. The highest BCUT2D eigenvalue weighted by molar-refractivity contribution is 5.98. The van der Waals surface area contributed by atoms with Crippen LogP contribution in [0.25, 0.3) is 10.8 Å². The van der Waals surface area contributed by atoms with Crippen LogP contribution in [0.4, 0.5) is 0 Å². The molecule has 1 heterocycles. The molecule has 1 aromatic heterocycles. The second-order valence-electron chi connectivity index (χ2n) is 4.50. The summed E-state index contributed by atoms with van der Waals surface area (Å²) in [4.78, 5) is 12.1. The number of rotatable bonds is 3. The molecule has 0 aliphatic rings. The molecule has 3 rings (SSSR count). The molecule has 0 radical (unpaired) electrons. The summed E-state index contributed by atoms with van der Waals surface area (Å²) >= 11 is 0. The average Bonchev–Trinajstić information content (AvgIpc) is 2.53. The molecule has 0 aliphatic carbocycles. The third-order valence-corrected chi connectivity index (χ3v) is 3.11. The first kappa shape index (κ1) is 12.3. The molecule has 3 aromatic rings. The lowest BCUT2D eigenvalue weighted by molar-refractivity contribution is 0.0951. The molecule has 0 saturated carbocycles. The fourth-order valence-corrected chi connectivity index (χ4v) is 2.02. The van der Waals surface area contributed by atoms with Gasteiger partial charge in [0.15, 0.2) is 0 Å². The van der Waals surface area contributed by atoms with Crippen LogP contribution < -0.4 is 5.32 Å². The molecule has 0 aliphatic heterocycles. The molecule has 0 bridgehead atoms. The van der Waals surface area contributed by atoms with Crippen LogP contribution in [-0.2, 0) is 6.54 Å². The molecule has 1 N–H and O–H groups in total. The first-order chi connectivity index (χ1) is 9.83.